The molecule has 3 aromatic heterocycles. The van der Waals surface area contributed by atoms with Crippen LogP contribution in [0.3, 0.4) is 0 Å². The normalized spacial score (nSPS) is 11.4. The molecule has 4 rings (SSSR count). The van der Waals surface area contributed by atoms with Crippen LogP contribution >= 0.6 is 45.9 Å². The first-order valence-corrected chi connectivity index (χ1v) is 9.86. The molecule has 3 heterocycles. The number of nitrogens with one attached hydrogen (secondary N) is 2. The van der Waals surface area contributed by atoms with Crippen molar-refractivity contribution < 1.29 is 13.6 Å². The SMILES string of the molecule is O=C(Nc1nc(-c2cc(Cl)sc2Cl)cs1)c1ccc2nc(C(F)F)[nH]c2c1. The van der Waals surface area contributed by atoms with Crippen molar-refractivity contribution in [1.29, 1.82) is 0 Å². The Kier molecular flexibility index (Phi) is 4.85. The van der Waals surface area contributed by atoms with Crippen molar-refractivity contribution >= 4 is 67.9 Å². The zero-order chi connectivity index (χ0) is 19.1. The lowest BCUT2D eigenvalue weighted by Crippen LogP contribution is -2.11. The van der Waals surface area contributed by atoms with Crippen molar-refractivity contribution in [2.24, 2.45) is 0 Å². The summed E-state index contributed by atoms with van der Waals surface area (Å²) in [4.78, 5) is 23.1. The number of imidazole rings is 1. The molecular weight excluding hydrogens is 437 g/mol. The van der Waals surface area contributed by atoms with Crippen LogP contribution in [0.2, 0.25) is 8.67 Å². The Balaban J connectivity index is 1.55. The van der Waals surface area contributed by atoms with Gasteiger partial charge in [-0.25, -0.2) is 18.7 Å². The maximum absolute atomic E-state index is 12.7. The molecule has 0 fully saturated rings. The number of rotatable bonds is 4. The number of alkyl halides is 2. The molecule has 0 spiro atoms. The zero-order valence-corrected chi connectivity index (χ0v) is 16.2. The van der Waals surface area contributed by atoms with Gasteiger partial charge >= 0.3 is 0 Å². The molecule has 11 heteroatoms. The lowest BCUT2D eigenvalue weighted by molar-refractivity contribution is 0.102. The van der Waals surface area contributed by atoms with E-state index in [4.69, 9.17) is 23.2 Å². The predicted octanol–water partition coefficient (Wildman–Crippen LogP) is 6.24. The highest BCUT2D eigenvalue weighted by atomic mass is 35.5. The van der Waals surface area contributed by atoms with Crippen molar-refractivity contribution in [2.75, 3.05) is 5.32 Å². The van der Waals surface area contributed by atoms with E-state index >= 15 is 0 Å². The minimum absolute atomic E-state index is 0.292. The van der Waals surface area contributed by atoms with Gasteiger partial charge in [-0.05, 0) is 24.3 Å². The third kappa shape index (κ3) is 3.68. The summed E-state index contributed by atoms with van der Waals surface area (Å²) >= 11 is 14.5. The summed E-state index contributed by atoms with van der Waals surface area (Å²) in [5, 5.41) is 4.82. The van der Waals surface area contributed by atoms with Gasteiger partial charge in [-0.2, -0.15) is 0 Å². The number of halogens is 4. The minimum atomic E-state index is -2.71. The molecule has 0 saturated carbocycles. The van der Waals surface area contributed by atoms with E-state index in [0.29, 0.717) is 41.7 Å². The summed E-state index contributed by atoms with van der Waals surface area (Å²) in [6.45, 7) is 0. The van der Waals surface area contributed by atoms with Crippen LogP contribution in [-0.4, -0.2) is 20.9 Å². The zero-order valence-electron chi connectivity index (χ0n) is 13.1. The Morgan fingerprint density at radius 2 is 2.04 bits per heavy atom. The van der Waals surface area contributed by atoms with E-state index < -0.39 is 18.2 Å². The predicted molar refractivity (Wildman–Crippen MR) is 104 cm³/mol. The van der Waals surface area contributed by atoms with E-state index in [2.05, 4.69) is 20.3 Å². The molecule has 1 aromatic carbocycles. The number of aromatic amines is 1. The van der Waals surface area contributed by atoms with E-state index in [1.165, 1.54) is 40.9 Å². The largest absolute Gasteiger partial charge is 0.337 e. The summed E-state index contributed by atoms with van der Waals surface area (Å²) in [5.74, 6) is -0.848. The molecule has 0 radical (unpaired) electrons. The number of aromatic nitrogens is 3. The quantitative estimate of drug-likeness (QED) is 0.390. The highest BCUT2D eigenvalue weighted by Gasteiger charge is 2.16. The lowest BCUT2D eigenvalue weighted by atomic mass is 10.2. The Morgan fingerprint density at radius 3 is 2.74 bits per heavy atom. The van der Waals surface area contributed by atoms with Gasteiger partial charge in [-0.15, -0.1) is 22.7 Å². The molecule has 0 atom stereocenters. The number of carbonyl (C=O) groups excluding carboxylic acids is 1. The van der Waals surface area contributed by atoms with Crippen LogP contribution < -0.4 is 5.32 Å². The Morgan fingerprint density at radius 1 is 1.22 bits per heavy atom. The monoisotopic (exact) mass is 444 g/mol. The molecule has 0 aliphatic rings. The number of nitrogens with zero attached hydrogens (tertiary/aromatic N) is 2. The van der Waals surface area contributed by atoms with Crippen LogP contribution in [0.5, 0.6) is 0 Å². The van der Waals surface area contributed by atoms with Crippen molar-refractivity contribution in [3.63, 3.8) is 0 Å². The summed E-state index contributed by atoms with van der Waals surface area (Å²) in [6.07, 6.45) is -2.71. The number of amides is 1. The standard InChI is InChI=1S/C16H8Cl2F2N4OS2/c17-11-4-7(12(18)27-11)10-5-26-16(23-10)24-15(25)6-1-2-8-9(3-6)22-14(21-8)13(19)20/h1-5,13H,(H,21,22)(H,23,24,25). The van der Waals surface area contributed by atoms with Gasteiger partial charge in [0, 0.05) is 16.5 Å². The number of hydrogen-bond donors (Lipinski definition) is 2. The molecule has 0 bridgehead atoms. The summed E-state index contributed by atoms with van der Waals surface area (Å²) < 4.78 is 26.5. The number of H-pyrrole nitrogens is 1. The smallest absolute Gasteiger partial charge is 0.295 e. The minimum Gasteiger partial charge on any atom is -0.337 e. The van der Waals surface area contributed by atoms with Gasteiger partial charge in [0.1, 0.15) is 4.34 Å². The van der Waals surface area contributed by atoms with E-state index in [0.717, 1.165) is 0 Å². The number of thiazole rings is 1. The first-order valence-electron chi connectivity index (χ1n) is 7.40. The van der Waals surface area contributed by atoms with Gasteiger partial charge < -0.3 is 4.98 Å². The molecule has 0 aliphatic heterocycles. The fraction of sp³-hybridized carbons (Fsp3) is 0.0625. The molecule has 5 nitrogen and oxygen atoms in total. The highest BCUT2D eigenvalue weighted by Crippen LogP contribution is 2.39. The summed E-state index contributed by atoms with van der Waals surface area (Å²) in [5.41, 5.74) is 2.32. The van der Waals surface area contributed by atoms with Crippen molar-refractivity contribution in [2.45, 2.75) is 6.43 Å². The fourth-order valence-corrected chi connectivity index (χ4v) is 4.60. The average molecular weight is 445 g/mol. The molecule has 2 N–H and O–H groups in total. The van der Waals surface area contributed by atoms with Crippen molar-refractivity contribution in [3.05, 3.63) is 49.7 Å². The fourth-order valence-electron chi connectivity index (χ4n) is 2.41. The van der Waals surface area contributed by atoms with Gasteiger partial charge in [-0.1, -0.05) is 23.2 Å². The first kappa shape index (κ1) is 18.3. The third-order valence-electron chi connectivity index (χ3n) is 3.63. The lowest BCUT2D eigenvalue weighted by Gasteiger charge is -2.01. The molecule has 0 saturated heterocycles. The maximum atomic E-state index is 12.7. The first-order chi connectivity index (χ1) is 12.9. The number of carbonyl (C=O) groups is 1. The average Bonchev–Trinajstić information content (AvgIpc) is 3.32. The molecule has 1 amide bonds. The second-order valence-corrected chi connectivity index (χ2v) is 8.53. The number of anilines is 1. The summed E-state index contributed by atoms with van der Waals surface area (Å²) in [6, 6.07) is 6.19. The van der Waals surface area contributed by atoms with Gasteiger partial charge in [0.05, 0.1) is 21.1 Å². The number of hydrogen-bond acceptors (Lipinski definition) is 5. The molecular formula is C16H8Cl2F2N4OS2. The van der Waals surface area contributed by atoms with Crippen molar-refractivity contribution in [1.82, 2.24) is 15.0 Å². The van der Waals surface area contributed by atoms with Crippen LogP contribution in [0.25, 0.3) is 22.3 Å². The maximum Gasteiger partial charge on any atom is 0.295 e. The molecule has 0 unspecified atom stereocenters. The van der Waals surface area contributed by atoms with Crippen LogP contribution in [0.15, 0.2) is 29.6 Å². The van der Waals surface area contributed by atoms with Gasteiger partial charge in [0.2, 0.25) is 0 Å². The third-order valence-corrected chi connectivity index (χ3v) is 5.87. The number of benzene rings is 1. The Bertz CT molecular complexity index is 1150. The Labute approximate surface area is 169 Å². The van der Waals surface area contributed by atoms with Gasteiger partial charge in [0.25, 0.3) is 12.3 Å². The van der Waals surface area contributed by atoms with Crippen LogP contribution in [-0.2, 0) is 0 Å². The second-order valence-electron chi connectivity index (χ2n) is 5.38. The van der Waals surface area contributed by atoms with Gasteiger partial charge in [-0.3, -0.25) is 10.1 Å². The molecule has 4 aromatic rings. The number of thiophene rings is 1. The van der Waals surface area contributed by atoms with E-state index in [-0.39, 0.29) is 0 Å². The highest BCUT2D eigenvalue weighted by molar-refractivity contribution is 7.20. The van der Waals surface area contributed by atoms with Gasteiger partial charge in [0.15, 0.2) is 11.0 Å². The van der Waals surface area contributed by atoms with Crippen molar-refractivity contribution in [3.8, 4) is 11.3 Å². The van der Waals surface area contributed by atoms with E-state index in [1.807, 2.05) is 0 Å². The van der Waals surface area contributed by atoms with E-state index in [1.54, 1.807) is 11.4 Å². The number of fused-ring (bicyclic) bond motifs is 1. The van der Waals surface area contributed by atoms with Crippen LogP contribution in [0.1, 0.15) is 22.6 Å². The molecule has 0 aliphatic carbocycles. The Hall–Kier alpha value is -2.07. The van der Waals surface area contributed by atoms with Crippen LogP contribution in [0.4, 0.5) is 13.9 Å². The second kappa shape index (κ2) is 7.16. The summed E-state index contributed by atoms with van der Waals surface area (Å²) in [7, 11) is 0. The topological polar surface area (TPSA) is 70.7 Å². The molecule has 27 heavy (non-hydrogen) atoms. The molecule has 138 valence electrons. The van der Waals surface area contributed by atoms with Crippen LogP contribution in [0, 0.1) is 0 Å². The van der Waals surface area contributed by atoms with E-state index in [9.17, 15) is 13.6 Å².